The summed E-state index contributed by atoms with van der Waals surface area (Å²) in [6, 6.07) is 9.12. The predicted molar refractivity (Wildman–Crippen MR) is 123 cm³/mol. The third-order valence-electron chi connectivity index (χ3n) is 6.36. The van der Waals surface area contributed by atoms with Gasteiger partial charge in [-0.1, -0.05) is 44.5 Å². The molecule has 4 nitrogen and oxygen atoms in total. The van der Waals surface area contributed by atoms with Crippen LogP contribution in [0.5, 0.6) is 5.75 Å². The van der Waals surface area contributed by atoms with Crippen molar-refractivity contribution in [2.24, 2.45) is 5.41 Å². The maximum Gasteiger partial charge on any atom is 0.178 e. The van der Waals surface area contributed by atoms with Gasteiger partial charge in [-0.25, -0.2) is 4.39 Å². The molecular formula is C24H31ClFN3O. The highest BCUT2D eigenvalue weighted by Gasteiger charge is 2.49. The fourth-order valence-corrected chi connectivity index (χ4v) is 5.55. The van der Waals surface area contributed by atoms with E-state index < -0.39 is 5.82 Å². The number of fused-ring (bicyclic) bond motifs is 2. The topological polar surface area (TPSA) is 41.7 Å². The Morgan fingerprint density at radius 3 is 2.47 bits per heavy atom. The van der Waals surface area contributed by atoms with Gasteiger partial charge in [-0.3, -0.25) is 0 Å². The summed E-state index contributed by atoms with van der Waals surface area (Å²) in [6.07, 6.45) is 1.93. The Kier molecular flexibility index (Phi) is 5.39. The third-order valence-corrected chi connectivity index (χ3v) is 6.66. The highest BCUT2D eigenvalue weighted by atomic mass is 35.5. The van der Waals surface area contributed by atoms with Crippen molar-refractivity contribution in [3.8, 4) is 5.75 Å². The lowest BCUT2D eigenvalue weighted by atomic mass is 9.74. The molecule has 0 unspecified atom stereocenters. The van der Waals surface area contributed by atoms with Crippen LogP contribution in [0.25, 0.3) is 0 Å². The number of halogens is 2. The maximum atomic E-state index is 14.8. The minimum Gasteiger partial charge on any atom is -0.492 e. The molecule has 0 bridgehead atoms. The van der Waals surface area contributed by atoms with Gasteiger partial charge in [0.2, 0.25) is 0 Å². The minimum atomic E-state index is -0.442. The molecular weight excluding hydrogens is 401 g/mol. The molecule has 2 aromatic rings. The van der Waals surface area contributed by atoms with Crippen molar-refractivity contribution >= 4 is 28.7 Å². The van der Waals surface area contributed by atoms with Gasteiger partial charge < -0.3 is 20.3 Å². The number of nitrogens with two attached hydrogens (primary N) is 1. The number of likely N-dealkylation sites (tertiary alicyclic amines) is 1. The number of benzene rings is 2. The average molecular weight is 432 g/mol. The number of ether oxygens (including phenoxy) is 1. The van der Waals surface area contributed by atoms with Crippen LogP contribution in [-0.4, -0.2) is 38.2 Å². The van der Waals surface area contributed by atoms with Gasteiger partial charge in [-0.2, -0.15) is 0 Å². The molecule has 0 radical (unpaired) electrons. The Hall–Kier alpha value is -1.98. The van der Waals surface area contributed by atoms with E-state index in [0.29, 0.717) is 10.7 Å². The van der Waals surface area contributed by atoms with Gasteiger partial charge >= 0.3 is 0 Å². The number of hydrogen-bond donors (Lipinski definition) is 1. The average Bonchev–Trinajstić information content (AvgIpc) is 2.98. The van der Waals surface area contributed by atoms with E-state index in [-0.39, 0.29) is 16.6 Å². The molecule has 1 fully saturated rings. The van der Waals surface area contributed by atoms with Crippen molar-refractivity contribution in [2.75, 3.05) is 43.9 Å². The molecule has 162 valence electrons. The normalized spacial score (nSPS) is 18.7. The van der Waals surface area contributed by atoms with Gasteiger partial charge in [0.15, 0.2) is 11.6 Å². The molecule has 0 amide bonds. The second-order valence-corrected chi connectivity index (χ2v) is 10.3. The van der Waals surface area contributed by atoms with Crippen LogP contribution < -0.4 is 15.4 Å². The second-order valence-electron chi connectivity index (χ2n) is 9.86. The zero-order valence-electron chi connectivity index (χ0n) is 18.3. The van der Waals surface area contributed by atoms with Crippen molar-refractivity contribution in [2.45, 2.75) is 39.0 Å². The zero-order chi connectivity index (χ0) is 21.7. The molecule has 1 spiro atoms. The van der Waals surface area contributed by atoms with Gasteiger partial charge in [0, 0.05) is 29.1 Å². The molecule has 6 heteroatoms. The number of methoxy groups -OCH3 is 1. The van der Waals surface area contributed by atoms with E-state index in [2.05, 4.69) is 30.6 Å². The number of hydrogen-bond acceptors (Lipinski definition) is 4. The van der Waals surface area contributed by atoms with Gasteiger partial charge in [-0.15, -0.1) is 0 Å². The van der Waals surface area contributed by atoms with E-state index in [1.165, 1.54) is 13.2 Å². The van der Waals surface area contributed by atoms with Gasteiger partial charge in [0.1, 0.15) is 0 Å². The first-order valence-corrected chi connectivity index (χ1v) is 10.9. The van der Waals surface area contributed by atoms with E-state index in [0.717, 1.165) is 56.0 Å². The highest BCUT2D eigenvalue weighted by molar-refractivity contribution is 6.32. The number of nitrogen functional groups attached to an aromatic ring is 1. The lowest BCUT2D eigenvalue weighted by Crippen LogP contribution is -2.47. The van der Waals surface area contributed by atoms with Gasteiger partial charge in [-0.05, 0) is 49.5 Å². The van der Waals surface area contributed by atoms with E-state index in [4.69, 9.17) is 22.1 Å². The summed E-state index contributed by atoms with van der Waals surface area (Å²) in [5, 5.41) is 0.476. The number of nitrogens with zero attached hydrogens (tertiary/aromatic N) is 2. The highest BCUT2D eigenvalue weighted by Crippen LogP contribution is 2.57. The fraction of sp³-hybridized carbons (Fsp3) is 0.500. The lowest BCUT2D eigenvalue weighted by molar-refractivity contribution is 0.125. The van der Waals surface area contributed by atoms with E-state index >= 15 is 0 Å². The second kappa shape index (κ2) is 7.61. The molecule has 0 atom stereocenters. The third kappa shape index (κ3) is 3.63. The van der Waals surface area contributed by atoms with Crippen LogP contribution >= 0.6 is 11.6 Å². The van der Waals surface area contributed by atoms with Crippen molar-refractivity contribution in [3.05, 3.63) is 46.7 Å². The summed E-state index contributed by atoms with van der Waals surface area (Å²) in [5.41, 5.74) is 9.68. The molecule has 0 saturated carbocycles. The van der Waals surface area contributed by atoms with E-state index in [1.54, 1.807) is 0 Å². The molecule has 4 rings (SSSR count). The van der Waals surface area contributed by atoms with Crippen LogP contribution in [0.2, 0.25) is 5.02 Å². The molecule has 0 aliphatic carbocycles. The molecule has 2 aromatic carbocycles. The summed E-state index contributed by atoms with van der Waals surface area (Å²) in [7, 11) is 1.51. The number of rotatable bonds is 3. The number of anilines is 3. The van der Waals surface area contributed by atoms with Crippen LogP contribution in [-0.2, 0) is 5.41 Å². The summed E-state index contributed by atoms with van der Waals surface area (Å²) in [6.45, 7) is 10.6. The van der Waals surface area contributed by atoms with E-state index in [9.17, 15) is 4.39 Å². The van der Waals surface area contributed by atoms with Crippen molar-refractivity contribution in [1.82, 2.24) is 4.90 Å². The maximum absolute atomic E-state index is 14.8. The monoisotopic (exact) mass is 431 g/mol. The first kappa shape index (κ1) is 21.3. The molecule has 2 heterocycles. The quantitative estimate of drug-likeness (QED) is 0.642. The molecule has 0 aromatic heterocycles. The molecule has 2 aliphatic heterocycles. The Labute approximate surface area is 183 Å². The van der Waals surface area contributed by atoms with Crippen LogP contribution in [0, 0.1) is 11.2 Å². The molecule has 2 aliphatic rings. The summed E-state index contributed by atoms with van der Waals surface area (Å²) >= 11 is 6.70. The fourth-order valence-electron chi connectivity index (χ4n) is 5.16. The van der Waals surface area contributed by atoms with Crippen LogP contribution in [0.15, 0.2) is 30.3 Å². The van der Waals surface area contributed by atoms with Crippen molar-refractivity contribution in [3.63, 3.8) is 0 Å². The molecule has 30 heavy (non-hydrogen) atoms. The molecule has 2 N–H and O–H groups in total. The van der Waals surface area contributed by atoms with Gasteiger partial charge in [0.05, 0.1) is 24.2 Å². The largest absolute Gasteiger partial charge is 0.492 e. The Bertz CT molecular complexity index is 948. The Morgan fingerprint density at radius 1 is 1.20 bits per heavy atom. The lowest BCUT2D eigenvalue weighted by Gasteiger charge is -2.42. The Balaban J connectivity index is 1.79. The standard InChI is InChI=1S/C24H31ClFN3O/c1-23(2,3)14-28-11-9-24(10-12-28)15-29(19-8-6-5-7-18(19)27)21-20(24)16(25)13-17(26)22(21)30-4/h5-8,13H,9-12,14-15,27H2,1-4H3. The summed E-state index contributed by atoms with van der Waals surface area (Å²) in [5.74, 6) is -0.199. The minimum absolute atomic E-state index is 0.149. The van der Waals surface area contributed by atoms with Crippen LogP contribution in [0.1, 0.15) is 39.2 Å². The summed E-state index contributed by atoms with van der Waals surface area (Å²) < 4.78 is 20.4. The van der Waals surface area contributed by atoms with Crippen LogP contribution in [0.4, 0.5) is 21.5 Å². The van der Waals surface area contributed by atoms with E-state index in [1.807, 2.05) is 24.3 Å². The van der Waals surface area contributed by atoms with Gasteiger partial charge in [0.25, 0.3) is 0 Å². The molecule has 1 saturated heterocycles. The first-order chi connectivity index (χ1) is 14.1. The SMILES string of the molecule is COc1c(F)cc(Cl)c2c1N(c1ccccc1N)CC21CCN(CC(C)(C)C)CC1. The number of para-hydroxylation sites is 2. The van der Waals surface area contributed by atoms with Crippen LogP contribution in [0.3, 0.4) is 0 Å². The first-order valence-electron chi connectivity index (χ1n) is 10.6. The zero-order valence-corrected chi connectivity index (χ0v) is 19.0. The van der Waals surface area contributed by atoms with Crippen molar-refractivity contribution < 1.29 is 9.13 Å². The number of piperidine rings is 1. The smallest absolute Gasteiger partial charge is 0.178 e. The Morgan fingerprint density at radius 2 is 1.87 bits per heavy atom. The summed E-state index contributed by atoms with van der Waals surface area (Å²) in [4.78, 5) is 4.64. The van der Waals surface area contributed by atoms with Crippen molar-refractivity contribution in [1.29, 1.82) is 0 Å². The predicted octanol–water partition coefficient (Wildman–Crippen LogP) is 5.60.